The standard InChI is InChI=1S/C23H27ClN4O3S/c1-10-13(23(3,4)30)7-25-17-11(2)21(32-20(10)17)18-14(24)8-26-22(28-18)27-15-5-12-6-16(19(15)29)31-9-12/h7-8,12,15-16,19,29-30H,5-6,9H2,1-4H3,(H,26,27,28)/t12-,15-,16-,19+/m1/s1. The summed E-state index contributed by atoms with van der Waals surface area (Å²) in [6.07, 6.45) is 4.36. The molecule has 5 rings (SSSR count). The number of anilines is 1. The van der Waals surface area contributed by atoms with Gasteiger partial charge in [0.1, 0.15) is 11.8 Å². The Morgan fingerprint density at radius 2 is 1.97 bits per heavy atom. The molecule has 4 heterocycles. The number of nitrogens with zero attached hydrogens (tertiary/aromatic N) is 3. The van der Waals surface area contributed by atoms with Crippen molar-refractivity contribution in [1.29, 1.82) is 0 Å². The lowest BCUT2D eigenvalue weighted by Gasteiger charge is -2.32. The first-order valence-electron chi connectivity index (χ1n) is 10.8. The van der Waals surface area contributed by atoms with Crippen LogP contribution in [0.5, 0.6) is 0 Å². The van der Waals surface area contributed by atoms with Crippen molar-refractivity contribution in [1.82, 2.24) is 15.0 Å². The highest BCUT2D eigenvalue weighted by Crippen LogP contribution is 2.42. The third-order valence-electron chi connectivity index (χ3n) is 6.61. The SMILES string of the molecule is Cc1c(-c2nc(N[C@@H]3C[C@H]4CO[C@H](C4)[C@H]3O)ncc2Cl)sc2c(C)c(C(C)(C)O)cnc12. The van der Waals surface area contributed by atoms with Crippen LogP contribution in [0.4, 0.5) is 5.95 Å². The largest absolute Gasteiger partial charge is 0.388 e. The first-order valence-corrected chi connectivity index (χ1v) is 12.0. The van der Waals surface area contributed by atoms with Gasteiger partial charge < -0.3 is 20.3 Å². The Bertz CT molecular complexity index is 1190. The molecule has 3 aromatic rings. The first kappa shape index (κ1) is 22.0. The molecule has 7 nitrogen and oxygen atoms in total. The molecule has 0 radical (unpaired) electrons. The highest BCUT2D eigenvalue weighted by Gasteiger charge is 2.42. The van der Waals surface area contributed by atoms with E-state index >= 15 is 0 Å². The zero-order valence-corrected chi connectivity index (χ0v) is 20.1. The Morgan fingerprint density at radius 3 is 2.72 bits per heavy atom. The molecular weight excluding hydrogens is 448 g/mol. The summed E-state index contributed by atoms with van der Waals surface area (Å²) in [5.74, 6) is 0.894. The molecule has 2 aliphatic rings. The molecule has 3 N–H and O–H groups in total. The summed E-state index contributed by atoms with van der Waals surface area (Å²) in [6, 6.07) is -0.156. The number of hydrogen-bond acceptors (Lipinski definition) is 8. The van der Waals surface area contributed by atoms with E-state index in [2.05, 4.69) is 15.3 Å². The van der Waals surface area contributed by atoms with E-state index < -0.39 is 11.7 Å². The number of halogens is 1. The molecule has 170 valence electrons. The molecule has 1 saturated heterocycles. The Balaban J connectivity index is 1.52. The van der Waals surface area contributed by atoms with E-state index in [1.54, 1.807) is 37.6 Å². The van der Waals surface area contributed by atoms with Gasteiger partial charge in [0, 0.05) is 11.8 Å². The van der Waals surface area contributed by atoms with Gasteiger partial charge in [-0.2, -0.15) is 0 Å². The van der Waals surface area contributed by atoms with E-state index in [-0.39, 0.29) is 12.1 Å². The van der Waals surface area contributed by atoms with Crippen molar-refractivity contribution in [3.05, 3.63) is 34.1 Å². The van der Waals surface area contributed by atoms with E-state index in [1.807, 2.05) is 13.8 Å². The van der Waals surface area contributed by atoms with Gasteiger partial charge in [-0.25, -0.2) is 9.97 Å². The monoisotopic (exact) mass is 474 g/mol. The van der Waals surface area contributed by atoms with Crippen LogP contribution in [0.25, 0.3) is 20.8 Å². The molecule has 2 fully saturated rings. The Kier molecular flexibility index (Phi) is 5.41. The highest BCUT2D eigenvalue weighted by atomic mass is 35.5. The van der Waals surface area contributed by atoms with Crippen LogP contribution in [-0.4, -0.2) is 50.0 Å². The molecule has 4 atom stereocenters. The zero-order valence-electron chi connectivity index (χ0n) is 18.5. The third-order valence-corrected chi connectivity index (χ3v) is 8.29. The minimum absolute atomic E-state index is 0.123. The zero-order chi connectivity index (χ0) is 22.8. The van der Waals surface area contributed by atoms with Crippen molar-refractivity contribution in [2.24, 2.45) is 5.92 Å². The van der Waals surface area contributed by atoms with Gasteiger partial charge in [0.2, 0.25) is 5.95 Å². The summed E-state index contributed by atoms with van der Waals surface area (Å²) in [7, 11) is 0. The molecule has 3 aromatic heterocycles. The summed E-state index contributed by atoms with van der Waals surface area (Å²) in [4.78, 5) is 14.6. The molecular formula is C23H27ClN4O3S. The van der Waals surface area contributed by atoms with Crippen molar-refractivity contribution in [2.75, 3.05) is 11.9 Å². The van der Waals surface area contributed by atoms with Gasteiger partial charge in [0.05, 0.1) is 50.7 Å². The maximum absolute atomic E-state index is 10.6. The summed E-state index contributed by atoms with van der Waals surface area (Å²) in [6.45, 7) is 8.25. The van der Waals surface area contributed by atoms with Crippen LogP contribution >= 0.6 is 22.9 Å². The van der Waals surface area contributed by atoms with Gasteiger partial charge in [0.15, 0.2) is 0 Å². The quantitative estimate of drug-likeness (QED) is 0.521. The number of aryl methyl sites for hydroxylation is 2. The minimum Gasteiger partial charge on any atom is -0.388 e. The van der Waals surface area contributed by atoms with Crippen LogP contribution in [0.1, 0.15) is 43.4 Å². The Labute approximate surface area is 195 Å². The van der Waals surface area contributed by atoms with Gasteiger partial charge >= 0.3 is 0 Å². The number of rotatable bonds is 4. The number of fused-ring (bicyclic) bond motifs is 3. The minimum atomic E-state index is -0.975. The Hall–Kier alpha value is -1.84. The first-order chi connectivity index (χ1) is 15.1. The topological polar surface area (TPSA) is 100 Å². The van der Waals surface area contributed by atoms with Crippen molar-refractivity contribution < 1.29 is 14.9 Å². The fraction of sp³-hybridized carbons (Fsp3) is 0.522. The summed E-state index contributed by atoms with van der Waals surface area (Å²) in [5, 5.41) is 24.9. The molecule has 0 amide bonds. The van der Waals surface area contributed by atoms with Crippen molar-refractivity contribution in [3.63, 3.8) is 0 Å². The molecule has 0 unspecified atom stereocenters. The lowest BCUT2D eigenvalue weighted by molar-refractivity contribution is -0.00866. The molecule has 2 bridgehead atoms. The number of pyridine rings is 1. The van der Waals surface area contributed by atoms with Crippen molar-refractivity contribution >= 4 is 39.1 Å². The number of ether oxygens (including phenoxy) is 1. The lowest BCUT2D eigenvalue weighted by Crippen LogP contribution is -2.45. The Morgan fingerprint density at radius 1 is 1.19 bits per heavy atom. The molecule has 32 heavy (non-hydrogen) atoms. The molecule has 1 saturated carbocycles. The fourth-order valence-electron chi connectivity index (χ4n) is 4.90. The van der Waals surface area contributed by atoms with Crippen LogP contribution in [0, 0.1) is 19.8 Å². The second kappa shape index (κ2) is 7.88. The predicted molar refractivity (Wildman–Crippen MR) is 126 cm³/mol. The van der Waals surface area contributed by atoms with Crippen LogP contribution in [-0.2, 0) is 10.3 Å². The fourth-order valence-corrected chi connectivity index (χ4v) is 6.41. The van der Waals surface area contributed by atoms with Crippen LogP contribution in [0.2, 0.25) is 5.02 Å². The van der Waals surface area contributed by atoms with E-state index in [9.17, 15) is 10.2 Å². The van der Waals surface area contributed by atoms with E-state index in [4.69, 9.17) is 21.3 Å². The van der Waals surface area contributed by atoms with Crippen molar-refractivity contribution in [3.8, 4) is 10.6 Å². The summed E-state index contributed by atoms with van der Waals surface area (Å²) < 4.78 is 6.70. The number of nitrogens with one attached hydrogen (secondary N) is 1. The van der Waals surface area contributed by atoms with E-state index in [1.165, 1.54) is 0 Å². The van der Waals surface area contributed by atoms with E-state index in [0.717, 1.165) is 44.6 Å². The highest BCUT2D eigenvalue weighted by molar-refractivity contribution is 7.22. The average molecular weight is 475 g/mol. The predicted octanol–water partition coefficient (Wildman–Crippen LogP) is 4.20. The second-order valence-corrected chi connectivity index (χ2v) is 10.9. The molecule has 9 heteroatoms. The maximum Gasteiger partial charge on any atom is 0.223 e. The maximum atomic E-state index is 10.6. The van der Waals surface area contributed by atoms with Gasteiger partial charge in [-0.3, -0.25) is 4.98 Å². The number of thiophene rings is 1. The average Bonchev–Trinajstić information content (AvgIpc) is 3.29. The smallest absolute Gasteiger partial charge is 0.223 e. The van der Waals surface area contributed by atoms with Crippen LogP contribution < -0.4 is 5.32 Å². The van der Waals surface area contributed by atoms with Gasteiger partial charge in [-0.15, -0.1) is 11.3 Å². The van der Waals surface area contributed by atoms with Crippen LogP contribution in [0.15, 0.2) is 12.4 Å². The molecule has 1 aliphatic carbocycles. The van der Waals surface area contributed by atoms with Gasteiger partial charge in [-0.05, 0) is 57.6 Å². The number of aromatic nitrogens is 3. The lowest BCUT2D eigenvalue weighted by atomic mass is 9.85. The summed E-state index contributed by atoms with van der Waals surface area (Å²) >= 11 is 8.09. The molecule has 0 aromatic carbocycles. The van der Waals surface area contributed by atoms with Crippen molar-refractivity contribution in [2.45, 2.75) is 64.4 Å². The third kappa shape index (κ3) is 3.68. The number of aliphatic hydroxyl groups excluding tert-OH is 1. The second-order valence-electron chi connectivity index (χ2n) is 9.43. The van der Waals surface area contributed by atoms with Gasteiger partial charge in [0.25, 0.3) is 0 Å². The van der Waals surface area contributed by atoms with E-state index in [0.29, 0.717) is 29.2 Å². The number of aliphatic hydroxyl groups is 2. The summed E-state index contributed by atoms with van der Waals surface area (Å²) in [5.41, 5.74) is 3.35. The van der Waals surface area contributed by atoms with Crippen LogP contribution in [0.3, 0.4) is 0 Å². The normalized spacial score (nSPS) is 25.5. The number of hydrogen-bond donors (Lipinski definition) is 3. The molecule has 0 spiro atoms. The van der Waals surface area contributed by atoms with Gasteiger partial charge in [-0.1, -0.05) is 11.6 Å². The molecule has 1 aliphatic heterocycles.